The van der Waals surface area contributed by atoms with E-state index in [1.165, 1.54) is 23.0 Å². The molecule has 1 aromatic rings. The average Bonchev–Trinajstić information content (AvgIpc) is 2.68. The average molecular weight is 377 g/mol. The summed E-state index contributed by atoms with van der Waals surface area (Å²) in [5.41, 5.74) is 0.498. The normalized spacial score (nSPS) is 13.7. The number of nitrogens with zero attached hydrogens (tertiary/aromatic N) is 2. The number of anilines is 1. The lowest BCUT2D eigenvalue weighted by molar-refractivity contribution is -0.135. The van der Waals surface area contributed by atoms with Gasteiger partial charge in [0.05, 0.1) is 25.0 Å². The molecule has 0 spiro atoms. The summed E-state index contributed by atoms with van der Waals surface area (Å²) in [4.78, 5) is 51.0. The predicted molar refractivity (Wildman–Crippen MR) is 96.2 cm³/mol. The summed E-state index contributed by atoms with van der Waals surface area (Å²) in [7, 11) is 1.25. The van der Waals surface area contributed by atoms with Gasteiger partial charge in [-0.1, -0.05) is 12.1 Å². The zero-order valence-corrected chi connectivity index (χ0v) is 15.4. The van der Waals surface area contributed by atoms with Crippen molar-refractivity contribution in [3.05, 3.63) is 29.8 Å². The first-order valence-corrected chi connectivity index (χ1v) is 8.63. The Morgan fingerprint density at radius 1 is 1.04 bits per heavy atom. The quantitative estimate of drug-likeness (QED) is 0.609. The smallest absolute Gasteiger partial charge is 0.409 e. The molecule has 0 unspecified atom stereocenters. The van der Waals surface area contributed by atoms with Crippen molar-refractivity contribution in [1.29, 1.82) is 0 Å². The van der Waals surface area contributed by atoms with E-state index >= 15 is 0 Å². The number of rotatable bonds is 5. The van der Waals surface area contributed by atoms with E-state index in [0.29, 0.717) is 32.8 Å². The number of hydrogen-bond donors (Lipinski definition) is 1. The van der Waals surface area contributed by atoms with E-state index in [1.807, 2.05) is 0 Å². The Morgan fingerprint density at radius 3 is 2.30 bits per heavy atom. The van der Waals surface area contributed by atoms with Crippen molar-refractivity contribution in [3.63, 3.8) is 0 Å². The summed E-state index contributed by atoms with van der Waals surface area (Å²) in [5, 5.41) is 2.57. The maximum atomic E-state index is 12.3. The number of carbonyl (C=O) groups is 4. The van der Waals surface area contributed by atoms with E-state index in [9.17, 15) is 19.2 Å². The molecule has 1 saturated heterocycles. The van der Waals surface area contributed by atoms with Crippen molar-refractivity contribution in [1.82, 2.24) is 9.80 Å². The summed E-state index contributed by atoms with van der Waals surface area (Å²) in [6.07, 6.45) is -0.753. The van der Waals surface area contributed by atoms with Crippen molar-refractivity contribution < 1.29 is 28.7 Å². The minimum Gasteiger partial charge on any atom is -0.465 e. The molecule has 1 aromatic carbocycles. The second-order valence-corrected chi connectivity index (χ2v) is 5.83. The lowest BCUT2D eigenvalue weighted by Gasteiger charge is -2.34. The van der Waals surface area contributed by atoms with Crippen LogP contribution in [0.25, 0.3) is 0 Å². The predicted octanol–water partition coefficient (Wildman–Crippen LogP) is 1.10. The molecule has 9 nitrogen and oxygen atoms in total. The highest BCUT2D eigenvalue weighted by Crippen LogP contribution is 2.16. The summed E-state index contributed by atoms with van der Waals surface area (Å²) in [6.45, 7) is 3.42. The zero-order valence-electron chi connectivity index (χ0n) is 15.4. The number of amides is 3. The molecule has 146 valence electrons. The SMILES string of the molecule is CCOC(=O)N1CCN(C(=O)CC(=O)Nc2ccccc2C(=O)OC)CC1. The molecule has 1 aliphatic heterocycles. The maximum Gasteiger partial charge on any atom is 0.409 e. The van der Waals surface area contributed by atoms with E-state index in [-0.39, 0.29) is 23.6 Å². The molecule has 0 saturated carbocycles. The van der Waals surface area contributed by atoms with Crippen LogP contribution in [0.3, 0.4) is 0 Å². The monoisotopic (exact) mass is 377 g/mol. The van der Waals surface area contributed by atoms with Gasteiger partial charge in [0, 0.05) is 26.2 Å². The number of benzene rings is 1. The van der Waals surface area contributed by atoms with Crippen molar-refractivity contribution in [3.8, 4) is 0 Å². The molecule has 9 heteroatoms. The lowest BCUT2D eigenvalue weighted by atomic mass is 10.1. The van der Waals surface area contributed by atoms with Gasteiger partial charge in [0.1, 0.15) is 6.42 Å². The molecule has 1 aliphatic rings. The third kappa shape index (κ3) is 5.44. The van der Waals surface area contributed by atoms with Crippen molar-refractivity contribution in [2.45, 2.75) is 13.3 Å². The molecule has 2 rings (SSSR count). The third-order valence-electron chi connectivity index (χ3n) is 4.08. The van der Waals surface area contributed by atoms with E-state index < -0.39 is 18.0 Å². The Labute approximate surface area is 157 Å². The molecule has 3 amide bonds. The van der Waals surface area contributed by atoms with Crippen molar-refractivity contribution in [2.24, 2.45) is 0 Å². The third-order valence-corrected chi connectivity index (χ3v) is 4.08. The molecule has 1 N–H and O–H groups in total. The molecule has 0 aliphatic carbocycles. The van der Waals surface area contributed by atoms with Gasteiger partial charge in [-0.25, -0.2) is 9.59 Å². The van der Waals surface area contributed by atoms with Crippen LogP contribution in [-0.2, 0) is 19.1 Å². The number of nitrogens with one attached hydrogen (secondary N) is 1. The highest BCUT2D eigenvalue weighted by molar-refractivity contribution is 6.06. The fourth-order valence-electron chi connectivity index (χ4n) is 2.68. The molecular formula is C18H23N3O6. The second-order valence-electron chi connectivity index (χ2n) is 5.83. The van der Waals surface area contributed by atoms with Crippen molar-refractivity contribution in [2.75, 3.05) is 45.2 Å². The maximum absolute atomic E-state index is 12.3. The van der Waals surface area contributed by atoms with E-state index in [0.717, 1.165) is 0 Å². The first kappa shape index (κ1) is 20.2. The molecular weight excluding hydrogens is 354 g/mol. The van der Waals surface area contributed by atoms with E-state index in [2.05, 4.69) is 10.1 Å². The van der Waals surface area contributed by atoms with Gasteiger partial charge < -0.3 is 24.6 Å². The fourth-order valence-corrected chi connectivity index (χ4v) is 2.68. The zero-order chi connectivity index (χ0) is 19.8. The highest BCUT2D eigenvalue weighted by atomic mass is 16.6. The van der Waals surface area contributed by atoms with Gasteiger partial charge in [0.15, 0.2) is 0 Å². The Bertz CT molecular complexity index is 713. The van der Waals surface area contributed by atoms with Gasteiger partial charge >= 0.3 is 12.1 Å². The molecule has 27 heavy (non-hydrogen) atoms. The van der Waals surface area contributed by atoms with Gasteiger partial charge in [-0.3, -0.25) is 9.59 Å². The van der Waals surface area contributed by atoms with Crippen LogP contribution in [0.2, 0.25) is 0 Å². The number of piperazine rings is 1. The second kappa shape index (κ2) is 9.56. The highest BCUT2D eigenvalue weighted by Gasteiger charge is 2.26. The number of carbonyl (C=O) groups excluding carboxylic acids is 4. The van der Waals surface area contributed by atoms with Gasteiger partial charge in [0.25, 0.3) is 0 Å². The molecule has 1 heterocycles. The molecule has 0 atom stereocenters. The topological polar surface area (TPSA) is 105 Å². The summed E-state index contributed by atoms with van der Waals surface area (Å²) in [6, 6.07) is 6.40. The van der Waals surface area contributed by atoms with E-state index in [1.54, 1.807) is 25.1 Å². The number of esters is 1. The molecule has 1 fully saturated rings. The molecule has 0 aromatic heterocycles. The number of methoxy groups -OCH3 is 1. The van der Waals surface area contributed by atoms with Crippen LogP contribution in [-0.4, -0.2) is 73.6 Å². The van der Waals surface area contributed by atoms with Gasteiger partial charge in [-0.2, -0.15) is 0 Å². The minimum absolute atomic E-state index is 0.212. The lowest BCUT2D eigenvalue weighted by Crippen LogP contribution is -2.51. The molecule has 0 bridgehead atoms. The molecule has 0 radical (unpaired) electrons. The Morgan fingerprint density at radius 2 is 1.67 bits per heavy atom. The van der Waals surface area contributed by atoms with Crippen LogP contribution in [0.4, 0.5) is 10.5 Å². The minimum atomic E-state index is -0.577. The Kier molecular flexibility index (Phi) is 7.16. The Hall–Kier alpha value is -3.10. The first-order valence-electron chi connectivity index (χ1n) is 8.63. The van der Waals surface area contributed by atoms with Crippen LogP contribution in [0, 0.1) is 0 Å². The van der Waals surface area contributed by atoms with Gasteiger partial charge in [0.2, 0.25) is 11.8 Å². The standard InChI is InChI=1S/C18H23N3O6/c1-3-27-18(25)21-10-8-20(9-11-21)16(23)12-15(22)19-14-7-5-4-6-13(14)17(24)26-2/h4-7H,3,8-12H2,1-2H3,(H,19,22). The number of hydrogen-bond acceptors (Lipinski definition) is 6. The number of ether oxygens (including phenoxy) is 2. The van der Waals surface area contributed by atoms with Crippen LogP contribution in [0.5, 0.6) is 0 Å². The summed E-state index contributed by atoms with van der Waals surface area (Å²) < 4.78 is 9.60. The van der Waals surface area contributed by atoms with Crippen LogP contribution in [0.1, 0.15) is 23.7 Å². The fraction of sp³-hybridized carbons (Fsp3) is 0.444. The Balaban J connectivity index is 1.87. The largest absolute Gasteiger partial charge is 0.465 e. The van der Waals surface area contributed by atoms with E-state index in [4.69, 9.17) is 4.74 Å². The van der Waals surface area contributed by atoms with Gasteiger partial charge in [-0.05, 0) is 19.1 Å². The summed E-state index contributed by atoms with van der Waals surface area (Å²) in [5.74, 6) is -1.44. The van der Waals surface area contributed by atoms with Gasteiger partial charge in [-0.15, -0.1) is 0 Å². The van der Waals surface area contributed by atoms with Crippen LogP contribution in [0.15, 0.2) is 24.3 Å². The first-order chi connectivity index (χ1) is 13.0. The number of para-hydroxylation sites is 1. The summed E-state index contributed by atoms with van der Waals surface area (Å²) >= 11 is 0. The van der Waals surface area contributed by atoms with Crippen LogP contribution >= 0.6 is 0 Å². The van der Waals surface area contributed by atoms with Crippen molar-refractivity contribution >= 4 is 29.6 Å². The van der Waals surface area contributed by atoms with Crippen LogP contribution < -0.4 is 5.32 Å².